The van der Waals surface area contributed by atoms with E-state index in [4.69, 9.17) is 9.97 Å². The van der Waals surface area contributed by atoms with Gasteiger partial charge in [0.1, 0.15) is 0 Å². The van der Waals surface area contributed by atoms with E-state index in [1.165, 1.54) is 80.3 Å². The summed E-state index contributed by atoms with van der Waals surface area (Å²) in [5, 5.41) is 8.39. The molecule has 8 aromatic carbocycles. The Hall–Kier alpha value is -6.58. The normalized spacial score (nSPS) is 22.6. The van der Waals surface area contributed by atoms with Crippen molar-refractivity contribution < 1.29 is 0 Å². The Morgan fingerprint density at radius 2 is 1.22 bits per heavy atom. The highest BCUT2D eigenvalue weighted by atomic mass is 15.2. The molecule has 5 atom stereocenters. The van der Waals surface area contributed by atoms with Crippen molar-refractivity contribution in [2.24, 2.45) is 23.7 Å². The summed E-state index contributed by atoms with van der Waals surface area (Å²) in [6.07, 6.45) is 5.67. The fraction of sp³-hybridized carbons (Fsp3) is 0.164. The lowest BCUT2D eigenvalue weighted by Crippen LogP contribution is -2.40. The molecule has 0 saturated heterocycles. The van der Waals surface area contributed by atoms with Crippen molar-refractivity contribution >= 4 is 54.3 Å². The van der Waals surface area contributed by atoms with Crippen molar-refractivity contribution in [3.05, 3.63) is 175 Å². The molecule has 3 heteroatoms. The largest absolute Gasteiger partial charge is 0.278 e. The third kappa shape index (κ3) is 4.04. The topological polar surface area (TPSA) is 30.7 Å². The van der Waals surface area contributed by atoms with Gasteiger partial charge in [0.25, 0.3) is 0 Å². The molecule has 4 fully saturated rings. The van der Waals surface area contributed by atoms with Crippen molar-refractivity contribution in [2.75, 3.05) is 0 Å². The molecule has 3 nitrogen and oxygen atoms in total. The van der Waals surface area contributed by atoms with Gasteiger partial charge in [-0.05, 0) is 135 Å². The number of para-hydroxylation sites is 1. The zero-order chi connectivity index (χ0) is 37.7. The second-order valence-electron chi connectivity index (χ2n) is 17.7. The molecule has 274 valence electrons. The monoisotopic (exact) mass is 741 g/mol. The van der Waals surface area contributed by atoms with Gasteiger partial charge in [0, 0.05) is 27.1 Å². The summed E-state index contributed by atoms with van der Waals surface area (Å²) >= 11 is 0. The van der Waals surface area contributed by atoms with E-state index >= 15 is 0 Å². The number of aromatic nitrogens is 3. The van der Waals surface area contributed by atoms with E-state index in [0.29, 0.717) is 5.95 Å². The molecule has 5 aliphatic rings. The number of fused-ring (bicyclic) bond motifs is 10. The fourth-order valence-corrected chi connectivity index (χ4v) is 13.1. The lowest BCUT2D eigenvalue weighted by atomic mass is 9.59. The summed E-state index contributed by atoms with van der Waals surface area (Å²) in [6, 6.07) is 61.0. The Morgan fingerprint density at radius 1 is 0.483 bits per heavy atom. The minimum atomic E-state index is 0.190. The summed E-state index contributed by atoms with van der Waals surface area (Å²) in [5.41, 5.74) is 14.0. The van der Waals surface area contributed by atoms with E-state index in [2.05, 4.69) is 168 Å². The van der Waals surface area contributed by atoms with Crippen LogP contribution in [-0.4, -0.2) is 14.5 Å². The zero-order valence-electron chi connectivity index (χ0n) is 32.1. The van der Waals surface area contributed by atoms with Gasteiger partial charge in [-0.1, -0.05) is 133 Å². The molecule has 0 radical (unpaired) electrons. The standard InChI is InChI=1S/C55H39N3/c1-2-11-35-28-38(18-17-33(35)9-1)53-43-14-6-8-16-49(43)56-54(57-53)58-50-24-21-34-10-3-4-12-41(34)52(50)44-22-19-37(31-51(44)58)36-20-23-47-45(30-36)42-13-5-7-15-46(42)55(47)40-26-32-25-39(29-40)48(55)27-32/h1-24,28,30-32,39-40,48H,25-27,29H2. The van der Waals surface area contributed by atoms with E-state index in [-0.39, 0.29) is 5.41 Å². The van der Waals surface area contributed by atoms with Crippen LogP contribution in [0.15, 0.2) is 164 Å². The first-order valence-corrected chi connectivity index (χ1v) is 21.2. The molecule has 4 saturated carbocycles. The van der Waals surface area contributed by atoms with Gasteiger partial charge in [0.2, 0.25) is 5.95 Å². The van der Waals surface area contributed by atoms with E-state index < -0.39 is 0 Å². The van der Waals surface area contributed by atoms with Crippen LogP contribution in [0.5, 0.6) is 0 Å². The second kappa shape index (κ2) is 11.3. The van der Waals surface area contributed by atoms with Crippen molar-refractivity contribution in [2.45, 2.75) is 31.1 Å². The number of hydrogen-bond acceptors (Lipinski definition) is 2. The van der Waals surface area contributed by atoms with Gasteiger partial charge >= 0.3 is 0 Å². The smallest absolute Gasteiger partial charge is 0.235 e. The van der Waals surface area contributed by atoms with E-state index in [1.807, 2.05) is 0 Å². The number of benzene rings is 8. The molecule has 10 aromatic rings. The van der Waals surface area contributed by atoms with E-state index in [1.54, 1.807) is 11.1 Å². The van der Waals surface area contributed by atoms with Crippen LogP contribution in [0.4, 0.5) is 0 Å². The van der Waals surface area contributed by atoms with Gasteiger partial charge in [0.05, 0.1) is 22.2 Å². The minimum Gasteiger partial charge on any atom is -0.278 e. The average molecular weight is 742 g/mol. The Labute approximate surface area is 336 Å². The van der Waals surface area contributed by atoms with Crippen LogP contribution in [0, 0.1) is 23.7 Å². The Balaban J connectivity index is 1.01. The third-order valence-corrected chi connectivity index (χ3v) is 15.2. The molecule has 58 heavy (non-hydrogen) atoms. The molecule has 0 N–H and O–H groups in total. The first kappa shape index (κ1) is 31.5. The molecule has 4 bridgehead atoms. The highest BCUT2D eigenvalue weighted by Gasteiger charge is 2.65. The molecule has 1 spiro atoms. The van der Waals surface area contributed by atoms with Gasteiger partial charge in [0.15, 0.2) is 0 Å². The molecule has 5 aliphatic carbocycles. The van der Waals surface area contributed by atoms with Crippen LogP contribution in [0.25, 0.3) is 93.7 Å². The first-order chi connectivity index (χ1) is 28.7. The van der Waals surface area contributed by atoms with Crippen molar-refractivity contribution in [3.63, 3.8) is 0 Å². The highest BCUT2D eigenvalue weighted by Crippen LogP contribution is 2.73. The molecule has 5 unspecified atom stereocenters. The van der Waals surface area contributed by atoms with E-state index in [9.17, 15) is 0 Å². The van der Waals surface area contributed by atoms with Crippen molar-refractivity contribution in [3.8, 4) is 39.5 Å². The van der Waals surface area contributed by atoms with E-state index in [0.717, 1.165) is 56.9 Å². The number of nitrogens with zero attached hydrogens (tertiary/aromatic N) is 3. The van der Waals surface area contributed by atoms with Gasteiger partial charge in [-0.3, -0.25) is 4.57 Å². The molecule has 2 aromatic heterocycles. The lowest BCUT2D eigenvalue weighted by molar-refractivity contribution is 0.191. The van der Waals surface area contributed by atoms with Gasteiger partial charge in [-0.2, -0.15) is 0 Å². The zero-order valence-corrected chi connectivity index (χ0v) is 32.1. The molecule has 0 amide bonds. The van der Waals surface area contributed by atoms with Gasteiger partial charge in [-0.15, -0.1) is 0 Å². The van der Waals surface area contributed by atoms with Crippen LogP contribution in [0.2, 0.25) is 0 Å². The number of hydrogen-bond donors (Lipinski definition) is 0. The Bertz CT molecular complexity index is 3410. The van der Waals surface area contributed by atoms with Crippen molar-refractivity contribution in [1.29, 1.82) is 0 Å². The predicted octanol–water partition coefficient (Wildman–Crippen LogP) is 13.7. The second-order valence-corrected chi connectivity index (χ2v) is 17.7. The highest BCUT2D eigenvalue weighted by molar-refractivity contribution is 6.21. The summed E-state index contributed by atoms with van der Waals surface area (Å²) in [7, 11) is 0. The fourth-order valence-electron chi connectivity index (χ4n) is 13.1. The van der Waals surface area contributed by atoms with Gasteiger partial charge < -0.3 is 0 Å². The Morgan fingerprint density at radius 3 is 2.16 bits per heavy atom. The molecule has 2 heterocycles. The third-order valence-electron chi connectivity index (χ3n) is 15.2. The summed E-state index contributed by atoms with van der Waals surface area (Å²) in [5.74, 6) is 4.08. The maximum Gasteiger partial charge on any atom is 0.235 e. The SMILES string of the molecule is c1ccc2c(c1)-c1cc(-c3ccc4c5c6ccccc6ccc5n(-c5nc(-c6ccc7ccccc7c6)c6ccccc6n5)c4c3)ccc1C21C2CC3CC(C2)C1C3. The average Bonchev–Trinajstić information content (AvgIpc) is 3.94. The van der Waals surface area contributed by atoms with Crippen molar-refractivity contribution in [1.82, 2.24) is 14.5 Å². The number of rotatable bonds is 3. The van der Waals surface area contributed by atoms with Crippen LogP contribution in [0.1, 0.15) is 36.8 Å². The van der Waals surface area contributed by atoms with Crippen LogP contribution >= 0.6 is 0 Å². The molecule has 15 rings (SSSR count). The van der Waals surface area contributed by atoms with Crippen LogP contribution in [-0.2, 0) is 5.41 Å². The van der Waals surface area contributed by atoms with Crippen LogP contribution in [0.3, 0.4) is 0 Å². The maximum absolute atomic E-state index is 5.51. The summed E-state index contributed by atoms with van der Waals surface area (Å²) < 4.78 is 2.32. The minimum absolute atomic E-state index is 0.190. The maximum atomic E-state index is 5.51. The quantitative estimate of drug-likeness (QED) is 0.181. The summed E-state index contributed by atoms with van der Waals surface area (Å²) in [6.45, 7) is 0. The molecule has 0 aliphatic heterocycles. The first-order valence-electron chi connectivity index (χ1n) is 21.2. The summed E-state index contributed by atoms with van der Waals surface area (Å²) in [4.78, 5) is 10.9. The predicted molar refractivity (Wildman–Crippen MR) is 238 cm³/mol. The van der Waals surface area contributed by atoms with Crippen LogP contribution < -0.4 is 0 Å². The van der Waals surface area contributed by atoms with Gasteiger partial charge in [-0.25, -0.2) is 9.97 Å². The molecular formula is C55H39N3. The Kier molecular flexibility index (Phi) is 6.13. The molecular weight excluding hydrogens is 703 g/mol. The lowest BCUT2D eigenvalue weighted by Gasteiger charge is -2.43.